The summed E-state index contributed by atoms with van der Waals surface area (Å²) < 4.78 is 11.1. The summed E-state index contributed by atoms with van der Waals surface area (Å²) in [6, 6.07) is 19.0. The number of aliphatic imine (C=N–C) groups is 1. The molecule has 33 heavy (non-hydrogen) atoms. The zero-order valence-corrected chi connectivity index (χ0v) is 19.6. The second-order valence-corrected chi connectivity index (χ2v) is 9.07. The lowest BCUT2D eigenvalue weighted by Crippen LogP contribution is -2.28. The highest BCUT2D eigenvalue weighted by Gasteiger charge is 2.32. The van der Waals surface area contributed by atoms with Crippen molar-refractivity contribution < 1.29 is 13.9 Å². The average Bonchev–Trinajstić information content (AvgIpc) is 3.52. The topological polar surface area (TPSA) is 83.7 Å². The van der Waals surface area contributed by atoms with Crippen LogP contribution in [0.3, 0.4) is 0 Å². The van der Waals surface area contributed by atoms with Crippen LogP contribution in [-0.2, 0) is 4.79 Å². The fourth-order valence-corrected chi connectivity index (χ4v) is 5.12. The van der Waals surface area contributed by atoms with E-state index in [1.165, 1.54) is 23.5 Å². The monoisotopic (exact) mass is 476 g/mol. The van der Waals surface area contributed by atoms with Crippen molar-refractivity contribution in [3.63, 3.8) is 0 Å². The highest BCUT2D eigenvalue weighted by Crippen LogP contribution is 2.35. The van der Waals surface area contributed by atoms with Crippen LogP contribution < -0.4 is 4.74 Å². The molecule has 9 heteroatoms. The number of H-pyrrole nitrogens is 1. The molecule has 1 aliphatic rings. The summed E-state index contributed by atoms with van der Waals surface area (Å²) in [5.41, 5.74) is 2.64. The van der Waals surface area contributed by atoms with Crippen molar-refractivity contribution >= 4 is 57.4 Å². The highest BCUT2D eigenvalue weighted by atomic mass is 32.2. The number of para-hydroxylation sites is 2. The number of ether oxygens (including phenoxy) is 1. The number of furan rings is 1. The van der Waals surface area contributed by atoms with Gasteiger partial charge >= 0.3 is 0 Å². The molecule has 1 aliphatic heterocycles. The molecular formula is C24H20N4O3S2. The van der Waals surface area contributed by atoms with E-state index in [9.17, 15) is 4.79 Å². The third-order valence-corrected chi connectivity index (χ3v) is 6.76. The SMILES string of the molecule is CCN1C(=O)/C(=C\c2ccc(Sc3nc4ccccc4[nH]3)o2)SC1=Nc1ccc(OC)cc1. The maximum absolute atomic E-state index is 12.9. The average molecular weight is 477 g/mol. The molecule has 0 bridgehead atoms. The number of methoxy groups -OCH3 is 1. The van der Waals surface area contributed by atoms with Crippen LogP contribution in [0.15, 0.2) is 85.2 Å². The van der Waals surface area contributed by atoms with Crippen LogP contribution in [0.25, 0.3) is 17.1 Å². The Balaban J connectivity index is 1.34. The fourth-order valence-electron chi connectivity index (χ4n) is 3.31. The summed E-state index contributed by atoms with van der Waals surface area (Å²) >= 11 is 2.74. The number of amidine groups is 1. The molecule has 166 valence electrons. The Bertz CT molecular complexity index is 1340. The van der Waals surface area contributed by atoms with E-state index in [1.54, 1.807) is 18.1 Å². The van der Waals surface area contributed by atoms with Gasteiger partial charge in [0.05, 0.1) is 28.7 Å². The normalized spacial score (nSPS) is 16.4. The molecular weight excluding hydrogens is 456 g/mol. The van der Waals surface area contributed by atoms with Gasteiger partial charge in [-0.1, -0.05) is 12.1 Å². The number of imidazole rings is 1. The highest BCUT2D eigenvalue weighted by molar-refractivity contribution is 8.18. The number of rotatable bonds is 6. The minimum atomic E-state index is -0.0855. The first-order valence-corrected chi connectivity index (χ1v) is 11.9. The molecule has 0 spiro atoms. The zero-order valence-electron chi connectivity index (χ0n) is 17.9. The second-order valence-electron chi connectivity index (χ2n) is 7.07. The van der Waals surface area contributed by atoms with Crippen LogP contribution in [0, 0.1) is 0 Å². The largest absolute Gasteiger partial charge is 0.497 e. The van der Waals surface area contributed by atoms with E-state index in [2.05, 4.69) is 15.0 Å². The number of nitrogens with zero attached hydrogens (tertiary/aromatic N) is 3. The molecule has 2 aromatic carbocycles. The van der Waals surface area contributed by atoms with E-state index in [0.29, 0.717) is 27.5 Å². The van der Waals surface area contributed by atoms with Crippen LogP contribution in [-0.4, -0.2) is 39.6 Å². The summed E-state index contributed by atoms with van der Waals surface area (Å²) in [6.07, 6.45) is 1.76. The van der Waals surface area contributed by atoms with E-state index in [-0.39, 0.29) is 5.91 Å². The number of amides is 1. The lowest BCUT2D eigenvalue weighted by molar-refractivity contribution is -0.122. The maximum atomic E-state index is 12.9. The Hall–Kier alpha value is -3.43. The molecule has 0 unspecified atom stereocenters. The predicted octanol–water partition coefficient (Wildman–Crippen LogP) is 5.94. The molecule has 0 atom stereocenters. The molecule has 4 aromatic rings. The molecule has 0 radical (unpaired) electrons. The number of carbonyl (C=O) groups is 1. The van der Waals surface area contributed by atoms with Crippen molar-refractivity contribution in [3.05, 3.63) is 71.3 Å². The Morgan fingerprint density at radius 2 is 2.00 bits per heavy atom. The van der Waals surface area contributed by atoms with Gasteiger partial charge in [-0.25, -0.2) is 9.98 Å². The standard InChI is InChI=1S/C24H20N4O3S2/c1-3-28-22(29)20(32-24(28)25-15-8-10-16(30-2)11-9-15)14-17-12-13-21(31-17)33-23-26-18-6-4-5-7-19(18)27-23/h4-14H,3H2,1-2H3,(H,26,27)/b20-14+,25-24?. The number of hydrogen-bond acceptors (Lipinski definition) is 7. The number of likely N-dealkylation sites (N-methyl/N-ethyl adjacent to an activating group) is 1. The number of benzene rings is 2. The van der Waals surface area contributed by atoms with Gasteiger partial charge in [0.15, 0.2) is 15.4 Å². The van der Waals surface area contributed by atoms with Gasteiger partial charge < -0.3 is 14.1 Å². The number of fused-ring (bicyclic) bond motifs is 1. The number of aromatic nitrogens is 2. The van der Waals surface area contributed by atoms with Crippen LogP contribution in [0.2, 0.25) is 0 Å². The molecule has 1 amide bonds. The Morgan fingerprint density at radius 3 is 2.76 bits per heavy atom. The quantitative estimate of drug-likeness (QED) is 0.347. The third kappa shape index (κ3) is 4.55. The van der Waals surface area contributed by atoms with Gasteiger partial charge in [0.25, 0.3) is 5.91 Å². The molecule has 3 heterocycles. The first-order valence-electron chi connectivity index (χ1n) is 10.3. The van der Waals surface area contributed by atoms with Crippen LogP contribution in [0.1, 0.15) is 12.7 Å². The van der Waals surface area contributed by atoms with Gasteiger partial charge in [-0.15, -0.1) is 0 Å². The number of hydrogen-bond donors (Lipinski definition) is 1. The second kappa shape index (κ2) is 9.21. The van der Waals surface area contributed by atoms with Crippen molar-refractivity contribution in [2.75, 3.05) is 13.7 Å². The van der Waals surface area contributed by atoms with Crippen LogP contribution in [0.4, 0.5) is 5.69 Å². The lowest BCUT2D eigenvalue weighted by Gasteiger charge is -2.12. The first kappa shape index (κ1) is 21.4. The summed E-state index contributed by atoms with van der Waals surface area (Å²) in [4.78, 5) is 27.6. The molecule has 1 saturated heterocycles. The summed E-state index contributed by atoms with van der Waals surface area (Å²) in [5.74, 6) is 1.28. The fraction of sp³-hybridized carbons (Fsp3) is 0.125. The van der Waals surface area contributed by atoms with Crippen LogP contribution in [0.5, 0.6) is 5.75 Å². The molecule has 1 N–H and O–H groups in total. The Morgan fingerprint density at radius 1 is 1.18 bits per heavy atom. The number of thioether (sulfide) groups is 1. The number of carbonyl (C=O) groups excluding carboxylic acids is 1. The molecule has 1 fully saturated rings. The van der Waals surface area contributed by atoms with Gasteiger partial charge in [-0.3, -0.25) is 9.69 Å². The van der Waals surface area contributed by atoms with Gasteiger partial charge in [0.2, 0.25) is 0 Å². The van der Waals surface area contributed by atoms with Crippen molar-refractivity contribution in [2.24, 2.45) is 4.99 Å². The lowest BCUT2D eigenvalue weighted by atomic mass is 10.3. The van der Waals surface area contributed by atoms with Crippen molar-refractivity contribution in [3.8, 4) is 5.75 Å². The maximum Gasteiger partial charge on any atom is 0.266 e. The van der Waals surface area contributed by atoms with E-state index in [1.807, 2.05) is 67.6 Å². The molecule has 0 saturated carbocycles. The summed E-state index contributed by atoms with van der Waals surface area (Å²) in [5, 5.41) is 2.08. The van der Waals surface area contributed by atoms with Gasteiger partial charge in [0.1, 0.15) is 11.5 Å². The minimum Gasteiger partial charge on any atom is -0.497 e. The Kier molecular flexibility index (Phi) is 5.97. The van der Waals surface area contributed by atoms with E-state index in [0.717, 1.165) is 27.6 Å². The minimum absolute atomic E-state index is 0.0855. The smallest absolute Gasteiger partial charge is 0.266 e. The predicted molar refractivity (Wildman–Crippen MR) is 132 cm³/mol. The van der Waals surface area contributed by atoms with Crippen molar-refractivity contribution in [1.29, 1.82) is 0 Å². The van der Waals surface area contributed by atoms with Gasteiger partial charge in [0, 0.05) is 12.6 Å². The van der Waals surface area contributed by atoms with Gasteiger partial charge in [-0.05, 0) is 79.0 Å². The van der Waals surface area contributed by atoms with E-state index < -0.39 is 0 Å². The molecule has 0 aliphatic carbocycles. The molecule has 5 rings (SSSR count). The van der Waals surface area contributed by atoms with Crippen molar-refractivity contribution in [2.45, 2.75) is 17.2 Å². The van der Waals surface area contributed by atoms with E-state index >= 15 is 0 Å². The van der Waals surface area contributed by atoms with Crippen molar-refractivity contribution in [1.82, 2.24) is 14.9 Å². The van der Waals surface area contributed by atoms with Gasteiger partial charge in [-0.2, -0.15) is 0 Å². The number of aromatic amines is 1. The third-order valence-electron chi connectivity index (χ3n) is 4.94. The summed E-state index contributed by atoms with van der Waals surface area (Å²) in [6.45, 7) is 2.46. The zero-order chi connectivity index (χ0) is 22.8. The summed E-state index contributed by atoms with van der Waals surface area (Å²) in [7, 11) is 1.62. The number of nitrogens with one attached hydrogen (secondary N) is 1. The molecule has 7 nitrogen and oxygen atoms in total. The first-order chi connectivity index (χ1) is 16.1. The Labute approximate surface area is 198 Å². The van der Waals surface area contributed by atoms with Crippen LogP contribution >= 0.6 is 23.5 Å². The van der Waals surface area contributed by atoms with E-state index in [4.69, 9.17) is 9.15 Å². The molecule has 2 aromatic heterocycles.